The highest BCUT2D eigenvalue weighted by molar-refractivity contribution is 5.51. The van der Waals surface area contributed by atoms with Gasteiger partial charge in [0.05, 0.1) is 6.10 Å². The van der Waals surface area contributed by atoms with E-state index in [1.54, 1.807) is 13.0 Å². The average molecular weight is 196 g/mol. The van der Waals surface area contributed by atoms with Gasteiger partial charge >= 0.3 is 0 Å². The summed E-state index contributed by atoms with van der Waals surface area (Å²) in [6.07, 6.45) is -0.0797. The summed E-state index contributed by atoms with van der Waals surface area (Å²) in [6.45, 7) is 1.86. The number of rotatable bonds is 2. The Labute approximate surface area is 81.7 Å². The van der Waals surface area contributed by atoms with Crippen LogP contribution in [-0.4, -0.2) is 23.1 Å². The van der Waals surface area contributed by atoms with Gasteiger partial charge in [-0.15, -0.1) is 0 Å². The van der Waals surface area contributed by atoms with Gasteiger partial charge in [0.25, 0.3) is 0 Å². The Morgan fingerprint density at radius 3 is 2.64 bits per heavy atom. The molecule has 14 heavy (non-hydrogen) atoms. The van der Waals surface area contributed by atoms with Crippen molar-refractivity contribution in [2.45, 2.75) is 19.4 Å². The number of benzene rings is 1. The highest BCUT2D eigenvalue weighted by Crippen LogP contribution is 2.37. The molecule has 0 aromatic heterocycles. The SMILES string of the molecule is CC(O)Cc1cc2c(cc1O)OCO2. The molecule has 1 aliphatic heterocycles. The number of aliphatic hydroxyl groups is 1. The maximum atomic E-state index is 9.58. The van der Waals surface area contributed by atoms with Crippen LogP contribution in [-0.2, 0) is 6.42 Å². The second-order valence-corrected chi connectivity index (χ2v) is 3.39. The standard InChI is InChI=1S/C10H12O4/c1-6(11)2-7-3-9-10(4-8(7)12)14-5-13-9/h3-4,6,11-12H,2,5H2,1H3. The summed E-state index contributed by atoms with van der Waals surface area (Å²) in [7, 11) is 0. The van der Waals surface area contributed by atoms with Crippen LogP contribution in [0.15, 0.2) is 12.1 Å². The molecule has 4 nitrogen and oxygen atoms in total. The van der Waals surface area contributed by atoms with E-state index in [4.69, 9.17) is 9.47 Å². The lowest BCUT2D eigenvalue weighted by atomic mass is 10.1. The molecular weight excluding hydrogens is 184 g/mol. The zero-order chi connectivity index (χ0) is 10.1. The highest BCUT2D eigenvalue weighted by Gasteiger charge is 2.17. The molecule has 2 rings (SSSR count). The minimum absolute atomic E-state index is 0.134. The van der Waals surface area contributed by atoms with E-state index in [9.17, 15) is 10.2 Å². The van der Waals surface area contributed by atoms with E-state index < -0.39 is 6.10 Å². The fourth-order valence-electron chi connectivity index (χ4n) is 1.46. The number of aromatic hydroxyl groups is 1. The summed E-state index contributed by atoms with van der Waals surface area (Å²) < 4.78 is 10.3. The Morgan fingerprint density at radius 1 is 1.36 bits per heavy atom. The second-order valence-electron chi connectivity index (χ2n) is 3.39. The first-order valence-electron chi connectivity index (χ1n) is 4.46. The van der Waals surface area contributed by atoms with Crippen LogP contribution >= 0.6 is 0 Å². The molecule has 1 aromatic carbocycles. The lowest BCUT2D eigenvalue weighted by molar-refractivity contribution is 0.173. The van der Waals surface area contributed by atoms with Crippen LogP contribution in [0, 0.1) is 0 Å². The van der Waals surface area contributed by atoms with Crippen LogP contribution in [0.3, 0.4) is 0 Å². The fourth-order valence-corrected chi connectivity index (χ4v) is 1.46. The number of ether oxygens (including phenoxy) is 2. The molecular formula is C10H12O4. The van der Waals surface area contributed by atoms with Gasteiger partial charge in [0.1, 0.15) is 5.75 Å². The first-order valence-corrected chi connectivity index (χ1v) is 4.46. The third kappa shape index (κ3) is 1.61. The predicted octanol–water partition coefficient (Wildman–Crippen LogP) is 1.04. The van der Waals surface area contributed by atoms with Gasteiger partial charge in [0, 0.05) is 18.1 Å². The normalized spacial score (nSPS) is 15.6. The monoisotopic (exact) mass is 196 g/mol. The number of hydrogen-bond acceptors (Lipinski definition) is 4. The molecule has 76 valence electrons. The molecule has 1 atom stereocenters. The topological polar surface area (TPSA) is 58.9 Å². The Bertz CT molecular complexity index is 346. The van der Waals surface area contributed by atoms with Crippen molar-refractivity contribution < 1.29 is 19.7 Å². The number of aliphatic hydroxyl groups excluding tert-OH is 1. The number of hydrogen-bond donors (Lipinski definition) is 2. The van der Waals surface area contributed by atoms with E-state index in [1.807, 2.05) is 0 Å². The summed E-state index contributed by atoms with van der Waals surface area (Å²) in [4.78, 5) is 0. The summed E-state index contributed by atoms with van der Waals surface area (Å²) in [6, 6.07) is 3.21. The molecule has 0 amide bonds. The Balaban J connectivity index is 2.32. The van der Waals surface area contributed by atoms with Gasteiger partial charge in [-0.05, 0) is 13.0 Å². The van der Waals surface area contributed by atoms with Gasteiger partial charge in [-0.3, -0.25) is 0 Å². The number of phenolic OH excluding ortho intramolecular Hbond substituents is 1. The van der Waals surface area contributed by atoms with E-state index in [1.165, 1.54) is 6.07 Å². The molecule has 0 saturated heterocycles. The molecule has 1 aromatic rings. The smallest absolute Gasteiger partial charge is 0.231 e. The minimum Gasteiger partial charge on any atom is -0.508 e. The van der Waals surface area contributed by atoms with Crippen molar-refractivity contribution in [3.05, 3.63) is 17.7 Å². The maximum Gasteiger partial charge on any atom is 0.231 e. The zero-order valence-electron chi connectivity index (χ0n) is 7.86. The van der Waals surface area contributed by atoms with Crippen molar-refractivity contribution in [2.75, 3.05) is 6.79 Å². The van der Waals surface area contributed by atoms with Crippen molar-refractivity contribution in [1.29, 1.82) is 0 Å². The lowest BCUT2D eigenvalue weighted by Gasteiger charge is -2.07. The molecule has 0 fully saturated rings. The van der Waals surface area contributed by atoms with Crippen LogP contribution in [0.2, 0.25) is 0 Å². The van der Waals surface area contributed by atoms with E-state index in [2.05, 4.69) is 0 Å². The van der Waals surface area contributed by atoms with Crippen LogP contribution in [0.25, 0.3) is 0 Å². The zero-order valence-corrected chi connectivity index (χ0v) is 7.86. The summed E-state index contributed by atoms with van der Waals surface area (Å²) >= 11 is 0. The van der Waals surface area contributed by atoms with Crippen molar-refractivity contribution >= 4 is 0 Å². The minimum atomic E-state index is -0.485. The van der Waals surface area contributed by atoms with Crippen molar-refractivity contribution in [3.63, 3.8) is 0 Å². The third-order valence-corrected chi connectivity index (χ3v) is 2.09. The molecule has 2 N–H and O–H groups in total. The first kappa shape index (κ1) is 9.15. The van der Waals surface area contributed by atoms with Gasteiger partial charge in [-0.2, -0.15) is 0 Å². The molecule has 0 radical (unpaired) electrons. The Kier molecular flexibility index (Phi) is 2.21. The number of phenols is 1. The Hall–Kier alpha value is -1.42. The van der Waals surface area contributed by atoms with Gasteiger partial charge in [0.2, 0.25) is 6.79 Å². The molecule has 1 heterocycles. The van der Waals surface area contributed by atoms with Crippen LogP contribution in [0.1, 0.15) is 12.5 Å². The highest BCUT2D eigenvalue weighted by atomic mass is 16.7. The quantitative estimate of drug-likeness (QED) is 0.742. The molecule has 4 heteroatoms. The number of fused-ring (bicyclic) bond motifs is 1. The summed E-state index contributed by atoms with van der Waals surface area (Å²) in [5.41, 5.74) is 0.671. The van der Waals surface area contributed by atoms with Crippen molar-refractivity contribution in [1.82, 2.24) is 0 Å². The predicted molar refractivity (Wildman–Crippen MR) is 49.6 cm³/mol. The van der Waals surface area contributed by atoms with Crippen molar-refractivity contribution in [3.8, 4) is 17.2 Å². The van der Waals surface area contributed by atoms with Crippen LogP contribution < -0.4 is 9.47 Å². The Morgan fingerprint density at radius 2 is 2.00 bits per heavy atom. The van der Waals surface area contributed by atoms with Gasteiger partial charge < -0.3 is 19.7 Å². The lowest BCUT2D eigenvalue weighted by Crippen LogP contribution is -2.04. The van der Waals surface area contributed by atoms with Gasteiger partial charge in [-0.1, -0.05) is 0 Å². The van der Waals surface area contributed by atoms with Crippen molar-refractivity contribution in [2.24, 2.45) is 0 Å². The van der Waals surface area contributed by atoms with E-state index in [0.717, 1.165) is 0 Å². The molecule has 0 aliphatic carbocycles. The summed E-state index contributed by atoms with van der Waals surface area (Å²) in [5.74, 6) is 1.31. The molecule has 0 bridgehead atoms. The summed E-state index contributed by atoms with van der Waals surface area (Å²) in [5, 5.41) is 18.8. The largest absolute Gasteiger partial charge is 0.508 e. The van der Waals surface area contributed by atoms with Gasteiger partial charge in [-0.25, -0.2) is 0 Å². The van der Waals surface area contributed by atoms with E-state index in [0.29, 0.717) is 23.5 Å². The van der Waals surface area contributed by atoms with Gasteiger partial charge in [0.15, 0.2) is 11.5 Å². The maximum absolute atomic E-state index is 9.58. The molecule has 0 saturated carbocycles. The fraction of sp³-hybridized carbons (Fsp3) is 0.400. The van der Waals surface area contributed by atoms with Crippen LogP contribution in [0.5, 0.6) is 17.2 Å². The van der Waals surface area contributed by atoms with E-state index in [-0.39, 0.29) is 12.5 Å². The van der Waals surface area contributed by atoms with Crippen LogP contribution in [0.4, 0.5) is 0 Å². The average Bonchev–Trinajstić information content (AvgIpc) is 2.51. The molecule has 1 aliphatic rings. The van der Waals surface area contributed by atoms with E-state index >= 15 is 0 Å². The first-order chi connectivity index (χ1) is 6.66. The second kappa shape index (κ2) is 3.38. The molecule has 1 unspecified atom stereocenters. The molecule has 0 spiro atoms. The third-order valence-electron chi connectivity index (χ3n) is 2.09.